The Kier molecular flexibility index (Phi) is 8.24. The van der Waals surface area contributed by atoms with E-state index in [2.05, 4.69) is 12.2 Å². The first-order valence-electron chi connectivity index (χ1n) is 12.9. The zero-order chi connectivity index (χ0) is 27.4. The summed E-state index contributed by atoms with van der Waals surface area (Å²) in [7, 11) is 0. The molecule has 200 valence electrons. The zero-order valence-electron chi connectivity index (χ0n) is 21.8. The van der Waals surface area contributed by atoms with Crippen LogP contribution in [0.5, 0.6) is 0 Å². The predicted octanol–water partition coefficient (Wildman–Crippen LogP) is 4.22. The van der Waals surface area contributed by atoms with Crippen LogP contribution in [0.1, 0.15) is 60.7 Å². The lowest BCUT2D eigenvalue weighted by Crippen LogP contribution is -2.30. The van der Waals surface area contributed by atoms with Gasteiger partial charge < -0.3 is 14.8 Å². The average molecular weight is 521 g/mol. The van der Waals surface area contributed by atoms with E-state index in [4.69, 9.17) is 9.47 Å². The summed E-state index contributed by atoms with van der Waals surface area (Å²) in [5.74, 6) is -1.96. The average Bonchev–Trinajstić information content (AvgIpc) is 3.15. The van der Waals surface area contributed by atoms with Gasteiger partial charge in [-0.15, -0.1) is 0 Å². The standard InChI is InChI=1S/C29H32N2O7/c1-17(2)15-37-28(35)19-5-9-21(10-6-19)30-25(32)16-38-29(36)20-7-11-22(12-8-20)31-26(33)23-13-4-18(3)14-24(23)27(31)34/h5-12,17-18,23-24H,4,13-16H2,1-3H3,(H,30,32)/t18-,23-,24+/m1/s1. The van der Waals surface area contributed by atoms with Gasteiger partial charge in [0.05, 0.1) is 35.3 Å². The minimum Gasteiger partial charge on any atom is -0.462 e. The Labute approximate surface area is 221 Å². The number of rotatable bonds is 8. The maximum Gasteiger partial charge on any atom is 0.338 e. The van der Waals surface area contributed by atoms with Gasteiger partial charge in [-0.3, -0.25) is 19.3 Å². The summed E-state index contributed by atoms with van der Waals surface area (Å²) in [6.07, 6.45) is 2.37. The highest BCUT2D eigenvalue weighted by Gasteiger charge is 2.49. The van der Waals surface area contributed by atoms with Crippen molar-refractivity contribution in [2.24, 2.45) is 23.7 Å². The third kappa shape index (κ3) is 6.10. The molecular weight excluding hydrogens is 488 g/mol. The zero-order valence-corrected chi connectivity index (χ0v) is 21.8. The molecule has 3 amide bonds. The summed E-state index contributed by atoms with van der Waals surface area (Å²) < 4.78 is 10.3. The molecule has 0 aromatic heterocycles. The molecule has 1 saturated heterocycles. The predicted molar refractivity (Wildman–Crippen MR) is 139 cm³/mol. The van der Waals surface area contributed by atoms with Crippen molar-refractivity contribution < 1.29 is 33.4 Å². The number of ether oxygens (including phenoxy) is 2. The SMILES string of the molecule is CC(C)COC(=O)c1ccc(NC(=O)COC(=O)c2ccc(N3C(=O)[C@H]4C[C@H](C)CC[C@H]4C3=O)cc2)cc1. The Morgan fingerprint density at radius 3 is 2.08 bits per heavy atom. The van der Waals surface area contributed by atoms with Gasteiger partial charge in [-0.25, -0.2) is 9.59 Å². The Bertz CT molecular complexity index is 1220. The molecule has 2 fully saturated rings. The number of imide groups is 1. The van der Waals surface area contributed by atoms with E-state index in [0.29, 0.717) is 42.3 Å². The monoisotopic (exact) mass is 520 g/mol. The van der Waals surface area contributed by atoms with E-state index in [9.17, 15) is 24.0 Å². The molecule has 0 radical (unpaired) electrons. The molecule has 38 heavy (non-hydrogen) atoms. The smallest absolute Gasteiger partial charge is 0.338 e. The van der Waals surface area contributed by atoms with Crippen LogP contribution < -0.4 is 10.2 Å². The van der Waals surface area contributed by atoms with E-state index in [-0.39, 0.29) is 35.1 Å². The number of hydrogen-bond donors (Lipinski definition) is 1. The number of hydrogen-bond acceptors (Lipinski definition) is 7. The molecule has 2 aromatic rings. The Hall–Kier alpha value is -4.01. The molecule has 9 nitrogen and oxygen atoms in total. The maximum atomic E-state index is 12.9. The number of carbonyl (C=O) groups is 5. The molecule has 9 heteroatoms. The molecule has 1 saturated carbocycles. The number of benzene rings is 2. The summed E-state index contributed by atoms with van der Waals surface area (Å²) in [6.45, 7) is 5.79. The van der Waals surface area contributed by atoms with Gasteiger partial charge in [0.2, 0.25) is 11.8 Å². The summed E-state index contributed by atoms with van der Waals surface area (Å²) >= 11 is 0. The lowest BCUT2D eigenvalue weighted by Gasteiger charge is -2.25. The number of carbonyl (C=O) groups excluding carboxylic acids is 5. The fourth-order valence-corrected chi connectivity index (χ4v) is 4.82. The topological polar surface area (TPSA) is 119 Å². The van der Waals surface area contributed by atoms with Crippen molar-refractivity contribution >= 4 is 41.0 Å². The molecular formula is C29H32N2O7. The second-order valence-corrected chi connectivity index (χ2v) is 10.4. The quantitative estimate of drug-likeness (QED) is 0.409. The Morgan fingerprint density at radius 2 is 1.45 bits per heavy atom. The number of anilines is 2. The molecule has 1 aliphatic heterocycles. The van der Waals surface area contributed by atoms with Crippen molar-refractivity contribution in [1.82, 2.24) is 0 Å². The number of amides is 3. The van der Waals surface area contributed by atoms with Crippen LogP contribution in [-0.2, 0) is 23.9 Å². The molecule has 4 rings (SSSR count). The number of nitrogens with zero attached hydrogens (tertiary/aromatic N) is 1. The van der Waals surface area contributed by atoms with Gasteiger partial charge in [0.1, 0.15) is 0 Å². The van der Waals surface area contributed by atoms with E-state index < -0.39 is 24.5 Å². The van der Waals surface area contributed by atoms with Crippen LogP contribution in [0.15, 0.2) is 48.5 Å². The fraction of sp³-hybridized carbons (Fsp3) is 0.414. The van der Waals surface area contributed by atoms with Crippen LogP contribution in [-0.4, -0.2) is 42.9 Å². The van der Waals surface area contributed by atoms with Crippen molar-refractivity contribution in [2.45, 2.75) is 40.0 Å². The number of esters is 2. The van der Waals surface area contributed by atoms with Crippen molar-refractivity contribution in [1.29, 1.82) is 0 Å². The summed E-state index contributed by atoms with van der Waals surface area (Å²) in [4.78, 5) is 63.6. The lowest BCUT2D eigenvalue weighted by molar-refractivity contribution is -0.122. The van der Waals surface area contributed by atoms with Crippen molar-refractivity contribution in [3.8, 4) is 0 Å². The Balaban J connectivity index is 1.28. The summed E-state index contributed by atoms with van der Waals surface area (Å²) in [6, 6.07) is 12.2. The van der Waals surface area contributed by atoms with Gasteiger partial charge in [0.25, 0.3) is 5.91 Å². The first kappa shape index (κ1) is 27.0. The van der Waals surface area contributed by atoms with Crippen LogP contribution in [0.4, 0.5) is 11.4 Å². The molecule has 1 N–H and O–H groups in total. The molecule has 2 aliphatic rings. The van der Waals surface area contributed by atoms with Gasteiger partial charge in [-0.05, 0) is 79.6 Å². The van der Waals surface area contributed by atoms with E-state index >= 15 is 0 Å². The summed E-state index contributed by atoms with van der Waals surface area (Å²) in [5, 5.41) is 2.60. The van der Waals surface area contributed by atoms with Crippen LogP contribution >= 0.6 is 0 Å². The number of fused-ring (bicyclic) bond motifs is 1. The number of nitrogens with one attached hydrogen (secondary N) is 1. The Morgan fingerprint density at radius 1 is 0.868 bits per heavy atom. The van der Waals surface area contributed by atoms with Gasteiger partial charge in [0.15, 0.2) is 6.61 Å². The van der Waals surface area contributed by atoms with Gasteiger partial charge >= 0.3 is 11.9 Å². The van der Waals surface area contributed by atoms with Crippen LogP contribution in [0, 0.1) is 23.7 Å². The minimum atomic E-state index is -0.712. The van der Waals surface area contributed by atoms with Crippen molar-refractivity contribution in [3.05, 3.63) is 59.7 Å². The first-order valence-corrected chi connectivity index (χ1v) is 12.9. The third-order valence-corrected chi connectivity index (χ3v) is 6.84. The minimum absolute atomic E-state index is 0.181. The van der Waals surface area contributed by atoms with Crippen LogP contribution in [0.3, 0.4) is 0 Å². The highest BCUT2D eigenvalue weighted by Crippen LogP contribution is 2.42. The second-order valence-electron chi connectivity index (χ2n) is 10.4. The van der Waals surface area contributed by atoms with Crippen LogP contribution in [0.25, 0.3) is 0 Å². The molecule has 1 aliphatic carbocycles. The normalized spacial score (nSPS) is 20.7. The lowest BCUT2D eigenvalue weighted by atomic mass is 9.76. The maximum absolute atomic E-state index is 12.9. The summed E-state index contributed by atoms with van der Waals surface area (Å²) in [5.41, 5.74) is 1.42. The molecule has 0 bridgehead atoms. The van der Waals surface area contributed by atoms with Crippen LogP contribution in [0.2, 0.25) is 0 Å². The van der Waals surface area contributed by atoms with Gasteiger partial charge in [-0.2, -0.15) is 0 Å². The largest absolute Gasteiger partial charge is 0.462 e. The van der Waals surface area contributed by atoms with Crippen molar-refractivity contribution in [2.75, 3.05) is 23.4 Å². The van der Waals surface area contributed by atoms with E-state index in [1.54, 1.807) is 24.3 Å². The molecule has 0 spiro atoms. The van der Waals surface area contributed by atoms with Crippen molar-refractivity contribution in [3.63, 3.8) is 0 Å². The van der Waals surface area contributed by atoms with Gasteiger partial charge in [0, 0.05) is 5.69 Å². The molecule has 3 atom stereocenters. The van der Waals surface area contributed by atoms with E-state index in [0.717, 1.165) is 6.42 Å². The molecule has 2 aromatic carbocycles. The highest BCUT2D eigenvalue weighted by molar-refractivity contribution is 6.22. The molecule has 1 heterocycles. The fourth-order valence-electron chi connectivity index (χ4n) is 4.82. The molecule has 0 unspecified atom stereocenters. The van der Waals surface area contributed by atoms with Gasteiger partial charge in [-0.1, -0.05) is 20.8 Å². The highest BCUT2D eigenvalue weighted by atomic mass is 16.5. The first-order chi connectivity index (χ1) is 18.1. The second kappa shape index (κ2) is 11.6. The third-order valence-electron chi connectivity index (χ3n) is 6.84. The van der Waals surface area contributed by atoms with E-state index in [1.165, 1.54) is 29.2 Å². The van der Waals surface area contributed by atoms with E-state index in [1.807, 2.05) is 13.8 Å².